The van der Waals surface area contributed by atoms with Crippen LogP contribution in [-0.2, 0) is 19.8 Å². The molecule has 0 spiro atoms. The summed E-state index contributed by atoms with van der Waals surface area (Å²) in [6, 6.07) is 15.5. The lowest BCUT2D eigenvalue weighted by Crippen LogP contribution is -2.31. The minimum absolute atomic E-state index is 0.0781. The lowest BCUT2D eigenvalue weighted by Gasteiger charge is -2.28. The van der Waals surface area contributed by atoms with Crippen LogP contribution in [0.5, 0.6) is 0 Å². The summed E-state index contributed by atoms with van der Waals surface area (Å²) < 4.78 is 46.2. The standard InChI is InChI=1S/C24H33NO3S2Si/c1-20-15-17-23(18-16-20)30(27,28)25-29(26,22-13-9-6-10-14-22)24(31(2,3)4)19-21-11-7-5-8-12-21/h6,9-10,13-19,21H,5,7-8,11-12H2,1-4H3/b24-19-/t29-/m1/s1. The zero-order chi connectivity index (χ0) is 22.7. The van der Waals surface area contributed by atoms with E-state index in [4.69, 9.17) is 0 Å². The maximum absolute atomic E-state index is 14.7. The van der Waals surface area contributed by atoms with Crippen molar-refractivity contribution >= 4 is 27.8 Å². The normalized spacial score (nSPS) is 18.4. The molecule has 2 aromatic rings. The van der Waals surface area contributed by atoms with Crippen molar-refractivity contribution in [2.45, 2.75) is 68.5 Å². The summed E-state index contributed by atoms with van der Waals surface area (Å²) in [4.78, 5) is 0.546. The fraction of sp³-hybridized carbons (Fsp3) is 0.417. The lowest BCUT2D eigenvalue weighted by molar-refractivity contribution is 0.419. The number of rotatable bonds is 6. The fourth-order valence-corrected chi connectivity index (χ4v) is 12.5. The fourth-order valence-electron chi connectivity index (χ4n) is 3.98. The molecular weight excluding hydrogens is 442 g/mol. The Bertz CT molecular complexity index is 1150. The number of aryl methyl sites for hydroxylation is 1. The van der Waals surface area contributed by atoms with Crippen molar-refractivity contribution in [3.05, 3.63) is 70.8 Å². The van der Waals surface area contributed by atoms with Gasteiger partial charge in [0.05, 0.1) is 17.9 Å². The van der Waals surface area contributed by atoms with Gasteiger partial charge in [-0.15, -0.1) is 0 Å². The molecule has 0 unspecified atom stereocenters. The Morgan fingerprint density at radius 2 is 1.45 bits per heavy atom. The maximum atomic E-state index is 14.7. The lowest BCUT2D eigenvalue weighted by atomic mass is 9.89. The van der Waals surface area contributed by atoms with E-state index in [0.29, 0.717) is 10.8 Å². The molecule has 0 radical (unpaired) electrons. The first-order valence-electron chi connectivity index (χ1n) is 10.9. The smallest absolute Gasteiger partial charge is 0.239 e. The van der Waals surface area contributed by atoms with Gasteiger partial charge in [-0.25, -0.2) is 4.21 Å². The molecule has 1 fully saturated rings. The molecule has 4 nitrogen and oxygen atoms in total. The highest BCUT2D eigenvalue weighted by molar-refractivity contribution is 8.07. The number of allylic oxidation sites excluding steroid dienone is 1. The van der Waals surface area contributed by atoms with Crippen molar-refractivity contribution in [3.8, 4) is 0 Å². The second-order valence-corrected chi connectivity index (χ2v) is 18.8. The number of benzene rings is 2. The van der Waals surface area contributed by atoms with E-state index < -0.39 is 27.8 Å². The topological polar surface area (TPSA) is 63.6 Å². The molecule has 0 aromatic heterocycles. The molecule has 0 bridgehead atoms. The van der Waals surface area contributed by atoms with E-state index in [1.54, 1.807) is 36.4 Å². The quantitative estimate of drug-likeness (QED) is 0.445. The first kappa shape index (κ1) is 23.9. The monoisotopic (exact) mass is 475 g/mol. The molecule has 2 aromatic carbocycles. The number of hydrogen-bond acceptors (Lipinski definition) is 3. The maximum Gasteiger partial charge on any atom is 0.290 e. The van der Waals surface area contributed by atoms with Gasteiger partial charge < -0.3 is 0 Å². The summed E-state index contributed by atoms with van der Waals surface area (Å²) in [6.07, 6.45) is 7.80. The zero-order valence-corrected chi connectivity index (χ0v) is 21.5. The predicted molar refractivity (Wildman–Crippen MR) is 132 cm³/mol. The molecule has 1 saturated carbocycles. The minimum atomic E-state index is -4.10. The molecule has 0 saturated heterocycles. The van der Waals surface area contributed by atoms with E-state index in [2.05, 4.69) is 29.5 Å². The van der Waals surface area contributed by atoms with Crippen LogP contribution in [0.3, 0.4) is 0 Å². The molecule has 0 heterocycles. The van der Waals surface area contributed by atoms with Crippen molar-refractivity contribution in [1.82, 2.24) is 0 Å². The van der Waals surface area contributed by atoms with Crippen LogP contribution in [0, 0.1) is 12.8 Å². The molecule has 31 heavy (non-hydrogen) atoms. The molecule has 0 N–H and O–H groups in total. The average Bonchev–Trinajstić information content (AvgIpc) is 2.72. The van der Waals surface area contributed by atoms with Gasteiger partial charge in [-0.3, -0.25) is 0 Å². The van der Waals surface area contributed by atoms with E-state index in [1.165, 1.54) is 18.6 Å². The third-order valence-electron chi connectivity index (χ3n) is 5.66. The molecule has 0 aliphatic heterocycles. The molecule has 7 heteroatoms. The van der Waals surface area contributed by atoms with Crippen LogP contribution in [0.1, 0.15) is 37.7 Å². The van der Waals surface area contributed by atoms with Gasteiger partial charge in [-0.2, -0.15) is 8.42 Å². The summed E-state index contributed by atoms with van der Waals surface area (Å²) >= 11 is 0. The second kappa shape index (κ2) is 9.43. The Balaban J connectivity index is 2.28. The first-order valence-corrected chi connectivity index (χ1v) is 17.4. The number of sulfonamides is 1. The number of nitrogens with zero attached hydrogens (tertiary/aromatic N) is 1. The van der Waals surface area contributed by atoms with Gasteiger partial charge in [0.15, 0.2) is 0 Å². The third-order valence-corrected chi connectivity index (χ3v) is 14.1. The first-order chi connectivity index (χ1) is 14.5. The van der Waals surface area contributed by atoms with Crippen LogP contribution in [0.4, 0.5) is 0 Å². The molecule has 1 atom stereocenters. The van der Waals surface area contributed by atoms with Gasteiger partial charge in [0, 0.05) is 4.53 Å². The summed E-state index contributed by atoms with van der Waals surface area (Å²) in [5.74, 6) is 0.331. The van der Waals surface area contributed by atoms with Gasteiger partial charge >= 0.3 is 0 Å². The summed E-state index contributed by atoms with van der Waals surface area (Å²) in [6.45, 7) is 8.27. The highest BCUT2D eigenvalue weighted by Gasteiger charge is 2.34. The Labute approximate surface area is 189 Å². The Morgan fingerprint density at radius 1 is 0.871 bits per heavy atom. The Morgan fingerprint density at radius 3 is 2.00 bits per heavy atom. The molecular formula is C24H33NO3S2Si. The summed E-state index contributed by atoms with van der Waals surface area (Å²) in [5, 5.41) is 0. The SMILES string of the molecule is Cc1ccc(S(=O)(=O)N=[S@](=O)(/C(=C/C2CCCCC2)[Si](C)(C)C)c2ccccc2)cc1. The molecule has 0 amide bonds. The van der Waals surface area contributed by atoms with Gasteiger partial charge in [0.2, 0.25) is 0 Å². The van der Waals surface area contributed by atoms with Crippen LogP contribution in [0.2, 0.25) is 19.6 Å². The van der Waals surface area contributed by atoms with Crippen molar-refractivity contribution in [3.63, 3.8) is 0 Å². The highest BCUT2D eigenvalue weighted by atomic mass is 32.3. The van der Waals surface area contributed by atoms with Gasteiger partial charge in [0.1, 0.15) is 9.73 Å². The minimum Gasteiger partial charge on any atom is -0.239 e. The Kier molecular flexibility index (Phi) is 7.28. The van der Waals surface area contributed by atoms with E-state index in [9.17, 15) is 12.6 Å². The van der Waals surface area contributed by atoms with Crippen molar-refractivity contribution < 1.29 is 12.6 Å². The second-order valence-electron chi connectivity index (χ2n) is 9.38. The average molecular weight is 476 g/mol. The van der Waals surface area contributed by atoms with Crippen molar-refractivity contribution in [2.24, 2.45) is 9.69 Å². The number of hydrogen-bond donors (Lipinski definition) is 0. The van der Waals surface area contributed by atoms with Crippen molar-refractivity contribution in [2.75, 3.05) is 0 Å². The van der Waals surface area contributed by atoms with E-state index in [1.807, 2.05) is 13.0 Å². The zero-order valence-electron chi connectivity index (χ0n) is 18.9. The van der Waals surface area contributed by atoms with Crippen LogP contribution in [0.15, 0.2) is 78.8 Å². The predicted octanol–water partition coefficient (Wildman–Crippen LogP) is 6.55. The summed E-state index contributed by atoms with van der Waals surface area (Å²) in [5.41, 5.74) is 0.961. The molecule has 168 valence electrons. The highest BCUT2D eigenvalue weighted by Crippen LogP contribution is 2.35. The van der Waals surface area contributed by atoms with Gasteiger partial charge in [-0.1, -0.05) is 84.6 Å². The van der Waals surface area contributed by atoms with Crippen LogP contribution in [0.25, 0.3) is 0 Å². The van der Waals surface area contributed by atoms with Crippen LogP contribution < -0.4 is 0 Å². The van der Waals surface area contributed by atoms with Crippen LogP contribution in [-0.4, -0.2) is 20.7 Å². The third kappa shape index (κ3) is 5.76. The van der Waals surface area contributed by atoms with E-state index >= 15 is 0 Å². The largest absolute Gasteiger partial charge is 0.290 e. The van der Waals surface area contributed by atoms with E-state index in [-0.39, 0.29) is 4.90 Å². The molecule has 1 aliphatic rings. The van der Waals surface area contributed by atoms with Crippen LogP contribution >= 0.6 is 0 Å². The Hall–Kier alpha value is -1.70. The van der Waals surface area contributed by atoms with Gasteiger partial charge in [-0.05, 0) is 49.9 Å². The van der Waals surface area contributed by atoms with E-state index in [0.717, 1.165) is 35.8 Å². The van der Waals surface area contributed by atoms with Gasteiger partial charge in [0.25, 0.3) is 10.0 Å². The summed E-state index contributed by atoms with van der Waals surface area (Å²) in [7, 11) is -9.59. The van der Waals surface area contributed by atoms with Crippen molar-refractivity contribution in [1.29, 1.82) is 0 Å². The molecule has 1 aliphatic carbocycles. The molecule has 3 rings (SSSR count).